The highest BCUT2D eigenvalue weighted by Gasteiger charge is 2.36. The molecule has 0 saturated carbocycles. The molecule has 2 aromatic carbocycles. The van der Waals surface area contributed by atoms with Crippen LogP contribution in [-0.4, -0.2) is 53.3 Å². The second kappa shape index (κ2) is 10.5. The minimum absolute atomic E-state index is 0.136. The van der Waals surface area contributed by atoms with Crippen LogP contribution < -0.4 is 14.8 Å². The van der Waals surface area contributed by atoms with E-state index in [1.54, 1.807) is 30.3 Å². The van der Waals surface area contributed by atoms with E-state index in [1.807, 2.05) is 13.0 Å². The Hall–Kier alpha value is -3.31. The van der Waals surface area contributed by atoms with E-state index in [2.05, 4.69) is 21.2 Å². The van der Waals surface area contributed by atoms with Crippen LogP contribution in [0.15, 0.2) is 45.8 Å². The average molecular weight is 535 g/mol. The minimum Gasteiger partial charge on any atom is -0.493 e. The van der Waals surface area contributed by atoms with Crippen LogP contribution in [0.3, 0.4) is 0 Å². The molecule has 1 heterocycles. The summed E-state index contributed by atoms with van der Waals surface area (Å²) in [6.07, 6.45) is 1.48. The van der Waals surface area contributed by atoms with Crippen molar-refractivity contribution < 1.29 is 33.8 Å². The third-order valence-corrected chi connectivity index (χ3v) is 5.86. The van der Waals surface area contributed by atoms with Gasteiger partial charge in [0.1, 0.15) is 6.54 Å². The van der Waals surface area contributed by atoms with Crippen LogP contribution in [0.4, 0.5) is 10.5 Å². The predicted molar refractivity (Wildman–Crippen MR) is 126 cm³/mol. The van der Waals surface area contributed by atoms with E-state index in [0.29, 0.717) is 15.7 Å². The van der Waals surface area contributed by atoms with E-state index in [4.69, 9.17) is 14.6 Å². The zero-order valence-electron chi connectivity index (χ0n) is 17.6. The van der Waals surface area contributed by atoms with Gasteiger partial charge in [-0.05, 0) is 76.1 Å². The van der Waals surface area contributed by atoms with Crippen molar-refractivity contribution in [2.75, 3.05) is 25.6 Å². The van der Waals surface area contributed by atoms with E-state index in [9.17, 15) is 19.2 Å². The number of nitrogens with zero attached hydrogens (tertiary/aromatic N) is 1. The first kappa shape index (κ1) is 24.3. The van der Waals surface area contributed by atoms with E-state index >= 15 is 0 Å². The number of rotatable bonds is 8. The fourth-order valence-corrected chi connectivity index (χ4v) is 4.36. The fraction of sp³-hybridized carbons (Fsp3) is 0.182. The van der Waals surface area contributed by atoms with Gasteiger partial charge in [0.05, 0.1) is 16.5 Å². The maximum atomic E-state index is 12.7. The molecule has 11 heteroatoms. The topological polar surface area (TPSA) is 122 Å². The maximum absolute atomic E-state index is 12.7. The summed E-state index contributed by atoms with van der Waals surface area (Å²) in [6.45, 7) is 0.914. The van der Waals surface area contributed by atoms with Crippen molar-refractivity contribution in [1.82, 2.24) is 4.90 Å². The number of hydrogen-bond acceptors (Lipinski definition) is 7. The lowest BCUT2D eigenvalue weighted by molar-refractivity contribution is -0.139. The first-order valence-corrected chi connectivity index (χ1v) is 11.1. The van der Waals surface area contributed by atoms with Gasteiger partial charge in [-0.2, -0.15) is 0 Å². The molecule has 0 aliphatic carbocycles. The highest BCUT2D eigenvalue weighted by atomic mass is 79.9. The van der Waals surface area contributed by atoms with Gasteiger partial charge in [0.15, 0.2) is 18.1 Å². The van der Waals surface area contributed by atoms with Crippen LogP contribution in [0.1, 0.15) is 11.1 Å². The van der Waals surface area contributed by atoms with Crippen LogP contribution in [0.2, 0.25) is 0 Å². The van der Waals surface area contributed by atoms with Gasteiger partial charge in [0.2, 0.25) is 5.91 Å². The zero-order chi connectivity index (χ0) is 24.1. The first-order chi connectivity index (χ1) is 15.7. The van der Waals surface area contributed by atoms with Crippen molar-refractivity contribution in [3.8, 4) is 11.5 Å². The molecule has 0 aromatic heterocycles. The number of carbonyl (C=O) groups excluding carboxylic acids is 3. The number of ether oxygens (including phenoxy) is 2. The Kier molecular flexibility index (Phi) is 7.77. The number of halogens is 1. The number of benzene rings is 2. The van der Waals surface area contributed by atoms with Crippen molar-refractivity contribution in [3.05, 3.63) is 56.9 Å². The molecule has 1 fully saturated rings. The van der Waals surface area contributed by atoms with Crippen LogP contribution >= 0.6 is 27.7 Å². The lowest BCUT2D eigenvalue weighted by Gasteiger charge is -2.13. The molecule has 1 saturated heterocycles. The molecule has 3 rings (SSSR count). The van der Waals surface area contributed by atoms with E-state index in [0.717, 1.165) is 22.2 Å². The van der Waals surface area contributed by atoms with Crippen LogP contribution in [0, 0.1) is 6.92 Å². The average Bonchev–Trinajstić information content (AvgIpc) is 2.99. The normalized spacial score (nSPS) is 14.5. The largest absolute Gasteiger partial charge is 0.493 e. The summed E-state index contributed by atoms with van der Waals surface area (Å²) in [5.74, 6) is -1.79. The summed E-state index contributed by atoms with van der Waals surface area (Å²) < 4.78 is 10.9. The Morgan fingerprint density at radius 3 is 2.67 bits per heavy atom. The van der Waals surface area contributed by atoms with Gasteiger partial charge in [0.25, 0.3) is 11.1 Å². The van der Waals surface area contributed by atoms with Crippen LogP contribution in [-0.2, 0) is 14.4 Å². The molecule has 1 aliphatic rings. The number of nitrogens with one attached hydrogen (secondary N) is 1. The number of anilines is 1. The molecule has 172 valence electrons. The van der Waals surface area contributed by atoms with Gasteiger partial charge in [-0.25, -0.2) is 4.79 Å². The van der Waals surface area contributed by atoms with Gasteiger partial charge in [0, 0.05) is 5.69 Å². The number of thioether (sulfide) groups is 1. The number of carboxylic acid groups (broad SMARTS) is 1. The van der Waals surface area contributed by atoms with Gasteiger partial charge in [-0.15, -0.1) is 0 Å². The number of amides is 3. The summed E-state index contributed by atoms with van der Waals surface area (Å²) in [4.78, 5) is 49.2. The lowest BCUT2D eigenvalue weighted by Crippen LogP contribution is -2.36. The number of aryl methyl sites for hydroxylation is 1. The Balaban J connectivity index is 1.75. The van der Waals surface area contributed by atoms with Crippen molar-refractivity contribution in [2.24, 2.45) is 0 Å². The Labute approximate surface area is 201 Å². The van der Waals surface area contributed by atoms with Crippen LogP contribution in [0.25, 0.3) is 6.08 Å². The molecule has 9 nitrogen and oxygen atoms in total. The minimum atomic E-state index is -1.15. The quantitative estimate of drug-likeness (QED) is 0.488. The molecule has 0 unspecified atom stereocenters. The Morgan fingerprint density at radius 2 is 2.00 bits per heavy atom. The van der Waals surface area contributed by atoms with Gasteiger partial charge < -0.3 is 19.9 Å². The van der Waals surface area contributed by atoms with Crippen molar-refractivity contribution in [3.63, 3.8) is 0 Å². The summed E-state index contributed by atoms with van der Waals surface area (Å²) in [5.41, 5.74) is 2.05. The SMILES string of the molecule is COc1cc(/C=C2\SC(=O)N(CC(=O)Nc3cccc(C)c3)C2=O)cc(Br)c1OCC(=O)O. The smallest absolute Gasteiger partial charge is 0.341 e. The summed E-state index contributed by atoms with van der Waals surface area (Å²) in [6, 6.07) is 10.3. The molecule has 0 spiro atoms. The number of hydrogen-bond donors (Lipinski definition) is 2. The highest BCUT2D eigenvalue weighted by molar-refractivity contribution is 9.10. The van der Waals surface area contributed by atoms with E-state index in [1.165, 1.54) is 13.2 Å². The molecular formula is C22H19BrN2O7S. The first-order valence-electron chi connectivity index (χ1n) is 9.52. The van der Waals surface area contributed by atoms with Gasteiger partial charge in [-0.3, -0.25) is 19.3 Å². The Bertz CT molecular complexity index is 1170. The number of carboxylic acids is 1. The molecule has 0 atom stereocenters. The van der Waals surface area contributed by atoms with E-state index in [-0.39, 0.29) is 16.4 Å². The number of carbonyl (C=O) groups is 4. The Morgan fingerprint density at radius 1 is 1.24 bits per heavy atom. The third kappa shape index (κ3) is 6.14. The highest BCUT2D eigenvalue weighted by Crippen LogP contribution is 2.39. The lowest BCUT2D eigenvalue weighted by atomic mass is 10.2. The number of aliphatic carboxylic acids is 1. The number of imide groups is 1. The summed E-state index contributed by atoms with van der Waals surface area (Å²) >= 11 is 4.02. The fourth-order valence-electron chi connectivity index (χ4n) is 2.95. The van der Waals surface area contributed by atoms with E-state index < -0.39 is 36.2 Å². The molecule has 1 aliphatic heterocycles. The maximum Gasteiger partial charge on any atom is 0.341 e. The molecule has 0 bridgehead atoms. The number of methoxy groups -OCH3 is 1. The standard InChI is InChI=1S/C22H19BrN2O7S/c1-12-4-3-5-14(6-12)24-18(26)10-25-21(29)17(33-22(25)30)9-13-7-15(23)20(16(8-13)31-2)32-11-19(27)28/h3-9H,10-11H2,1-2H3,(H,24,26)(H,27,28)/b17-9-. The van der Waals surface area contributed by atoms with Crippen molar-refractivity contribution >= 4 is 62.5 Å². The van der Waals surface area contributed by atoms with Gasteiger partial charge in [-0.1, -0.05) is 12.1 Å². The molecule has 3 amide bonds. The molecular weight excluding hydrogens is 516 g/mol. The molecule has 33 heavy (non-hydrogen) atoms. The molecule has 2 N–H and O–H groups in total. The summed E-state index contributed by atoms with van der Waals surface area (Å²) in [7, 11) is 1.39. The van der Waals surface area contributed by atoms with Gasteiger partial charge >= 0.3 is 5.97 Å². The van der Waals surface area contributed by atoms with Crippen molar-refractivity contribution in [2.45, 2.75) is 6.92 Å². The zero-order valence-corrected chi connectivity index (χ0v) is 20.0. The molecule has 2 aromatic rings. The second-order valence-electron chi connectivity index (χ2n) is 6.90. The second-order valence-corrected chi connectivity index (χ2v) is 8.75. The van der Waals surface area contributed by atoms with Crippen molar-refractivity contribution in [1.29, 1.82) is 0 Å². The monoisotopic (exact) mass is 534 g/mol. The molecule has 0 radical (unpaired) electrons. The third-order valence-electron chi connectivity index (χ3n) is 4.37. The predicted octanol–water partition coefficient (Wildman–Crippen LogP) is 3.90. The van der Waals surface area contributed by atoms with Crippen LogP contribution in [0.5, 0.6) is 11.5 Å². The summed E-state index contributed by atoms with van der Waals surface area (Å²) in [5, 5.41) is 10.9.